The number of aliphatic hydroxyl groups excluding tert-OH is 1. The number of aliphatic hydroxyl groups is 1. The number of imidazole rings is 1. The fourth-order valence-electron chi connectivity index (χ4n) is 2.90. The van der Waals surface area contributed by atoms with E-state index in [1.54, 1.807) is 13.8 Å². The van der Waals surface area contributed by atoms with Crippen LogP contribution in [-0.4, -0.2) is 87.2 Å². The second-order valence-corrected chi connectivity index (χ2v) is 8.20. The van der Waals surface area contributed by atoms with Gasteiger partial charge >= 0.3 is 5.97 Å². The van der Waals surface area contributed by atoms with Crippen LogP contribution in [0.4, 0.5) is 0 Å². The van der Waals surface area contributed by atoms with Gasteiger partial charge in [-0.1, -0.05) is 13.8 Å². The highest BCUT2D eigenvalue weighted by Gasteiger charge is 2.30. The molecule has 0 aliphatic heterocycles. The Morgan fingerprint density at radius 2 is 1.66 bits per heavy atom. The zero-order chi connectivity index (χ0) is 26.5. The Balaban J connectivity index is 2.93. The van der Waals surface area contributed by atoms with E-state index in [9.17, 15) is 29.4 Å². The predicted molar refractivity (Wildman–Crippen MR) is 126 cm³/mol. The van der Waals surface area contributed by atoms with Crippen LogP contribution in [0.15, 0.2) is 17.5 Å². The predicted octanol–water partition coefficient (Wildman–Crippen LogP) is -3.48. The summed E-state index contributed by atoms with van der Waals surface area (Å²) in [7, 11) is 0. The number of rotatable bonds is 15. The Morgan fingerprint density at radius 3 is 2.17 bits per heavy atom. The van der Waals surface area contributed by atoms with Crippen molar-refractivity contribution in [1.29, 1.82) is 0 Å². The zero-order valence-corrected chi connectivity index (χ0v) is 19.7. The number of hydrogen-bond donors (Lipinski definition) is 9. The number of aromatic amines is 1. The van der Waals surface area contributed by atoms with Gasteiger partial charge < -0.3 is 48.3 Å². The van der Waals surface area contributed by atoms with Gasteiger partial charge in [-0.25, -0.2) is 9.78 Å². The molecule has 1 rings (SSSR count). The standard InChI is InChI=1S/C20H35N9O6/c1-10(2)15(21)18(33)29-14(8-30)17(32)28-13(6-11-7-24-9-26-11)16(31)27-12(19(34)35)4-3-5-25-20(22)23/h7,9-10,12-15,30H,3-6,8,21H2,1-2H3,(H,24,26)(H,27,31)(H,28,32)(H,29,33)(H,34,35)(H4,22,23,25). The number of carbonyl (C=O) groups excluding carboxylic acids is 3. The normalized spacial score (nSPS) is 14.3. The van der Waals surface area contributed by atoms with E-state index < -0.39 is 54.5 Å². The Morgan fingerprint density at radius 1 is 1.06 bits per heavy atom. The first-order valence-corrected chi connectivity index (χ1v) is 11.0. The minimum Gasteiger partial charge on any atom is -0.480 e. The van der Waals surface area contributed by atoms with Crippen LogP contribution in [-0.2, 0) is 25.6 Å². The lowest BCUT2D eigenvalue weighted by molar-refractivity contribution is -0.142. The molecule has 0 aromatic carbocycles. The number of carbonyl (C=O) groups is 4. The molecule has 1 aromatic heterocycles. The number of nitrogens with zero attached hydrogens (tertiary/aromatic N) is 2. The van der Waals surface area contributed by atoms with Crippen molar-refractivity contribution in [3.05, 3.63) is 18.2 Å². The van der Waals surface area contributed by atoms with E-state index >= 15 is 0 Å². The molecule has 0 bridgehead atoms. The van der Waals surface area contributed by atoms with Crippen molar-refractivity contribution < 1.29 is 29.4 Å². The summed E-state index contributed by atoms with van der Waals surface area (Å²) >= 11 is 0. The second-order valence-electron chi connectivity index (χ2n) is 8.20. The number of hydrogen-bond acceptors (Lipinski definition) is 8. The highest BCUT2D eigenvalue weighted by molar-refractivity contribution is 5.94. The lowest BCUT2D eigenvalue weighted by Gasteiger charge is -2.24. The van der Waals surface area contributed by atoms with Crippen LogP contribution in [0.3, 0.4) is 0 Å². The van der Waals surface area contributed by atoms with E-state index in [1.165, 1.54) is 12.5 Å². The molecule has 0 radical (unpaired) electrons. The van der Waals surface area contributed by atoms with Gasteiger partial charge in [0, 0.05) is 24.9 Å². The first-order chi connectivity index (χ1) is 16.5. The van der Waals surface area contributed by atoms with Gasteiger partial charge in [-0.15, -0.1) is 0 Å². The Labute approximate surface area is 202 Å². The molecule has 4 atom stereocenters. The molecule has 15 nitrogen and oxygen atoms in total. The van der Waals surface area contributed by atoms with Crippen molar-refractivity contribution in [3.63, 3.8) is 0 Å². The highest BCUT2D eigenvalue weighted by Crippen LogP contribution is 2.04. The number of aliphatic imine (C=N–C) groups is 1. The Kier molecular flexibility index (Phi) is 12.2. The van der Waals surface area contributed by atoms with E-state index in [1.807, 2.05) is 0 Å². The van der Waals surface area contributed by atoms with Crippen LogP contribution in [0.5, 0.6) is 0 Å². The smallest absolute Gasteiger partial charge is 0.326 e. The molecule has 12 N–H and O–H groups in total. The molecular weight excluding hydrogens is 462 g/mol. The quantitative estimate of drug-likeness (QED) is 0.0656. The largest absolute Gasteiger partial charge is 0.480 e. The number of aromatic nitrogens is 2. The molecule has 0 spiro atoms. The van der Waals surface area contributed by atoms with Crippen LogP contribution >= 0.6 is 0 Å². The van der Waals surface area contributed by atoms with Gasteiger partial charge in [-0.3, -0.25) is 19.4 Å². The third kappa shape index (κ3) is 10.4. The summed E-state index contributed by atoms with van der Waals surface area (Å²) in [6, 6.07) is -4.79. The molecule has 3 amide bonds. The molecule has 0 aliphatic rings. The molecule has 1 heterocycles. The van der Waals surface area contributed by atoms with Crippen molar-refractivity contribution in [3.8, 4) is 0 Å². The SMILES string of the molecule is CC(C)C(N)C(=O)NC(CO)C(=O)NC(Cc1cnc[nH]1)C(=O)NC(CCCN=C(N)N)C(=O)O. The fourth-order valence-corrected chi connectivity index (χ4v) is 2.90. The average molecular weight is 498 g/mol. The molecule has 1 aromatic rings. The van der Waals surface area contributed by atoms with Crippen molar-refractivity contribution in [2.75, 3.05) is 13.2 Å². The lowest BCUT2D eigenvalue weighted by atomic mass is 10.0. The molecule has 35 heavy (non-hydrogen) atoms. The van der Waals surface area contributed by atoms with E-state index in [2.05, 4.69) is 30.9 Å². The number of nitrogens with one attached hydrogen (secondary N) is 4. The Bertz CT molecular complexity index is 870. The lowest BCUT2D eigenvalue weighted by Crippen LogP contribution is -2.59. The first-order valence-electron chi connectivity index (χ1n) is 11.0. The van der Waals surface area contributed by atoms with Gasteiger partial charge in [0.2, 0.25) is 17.7 Å². The molecule has 0 fully saturated rings. The highest BCUT2D eigenvalue weighted by atomic mass is 16.4. The molecule has 196 valence electrons. The van der Waals surface area contributed by atoms with Crippen LogP contribution in [0, 0.1) is 5.92 Å². The number of H-pyrrole nitrogens is 1. The minimum absolute atomic E-state index is 0.0327. The molecule has 0 saturated carbocycles. The fraction of sp³-hybridized carbons (Fsp3) is 0.600. The average Bonchev–Trinajstić information content (AvgIpc) is 3.30. The monoisotopic (exact) mass is 497 g/mol. The van der Waals surface area contributed by atoms with Crippen LogP contribution in [0.25, 0.3) is 0 Å². The molecule has 4 unspecified atom stereocenters. The third-order valence-electron chi connectivity index (χ3n) is 5.01. The topological polar surface area (TPSA) is 264 Å². The summed E-state index contributed by atoms with van der Waals surface area (Å²) in [6.45, 7) is 2.87. The number of amides is 3. The summed E-state index contributed by atoms with van der Waals surface area (Å²) in [5.41, 5.74) is 16.7. The van der Waals surface area contributed by atoms with E-state index in [-0.39, 0.29) is 37.7 Å². The number of nitrogens with two attached hydrogens (primary N) is 3. The van der Waals surface area contributed by atoms with Crippen molar-refractivity contribution in [2.45, 2.75) is 57.3 Å². The molecule has 0 aliphatic carbocycles. The van der Waals surface area contributed by atoms with Gasteiger partial charge in [0.1, 0.15) is 18.1 Å². The van der Waals surface area contributed by atoms with Gasteiger partial charge in [-0.2, -0.15) is 0 Å². The van der Waals surface area contributed by atoms with Gasteiger partial charge in [0.25, 0.3) is 0 Å². The maximum atomic E-state index is 12.9. The summed E-state index contributed by atoms with van der Waals surface area (Å²) in [5, 5.41) is 26.3. The third-order valence-corrected chi connectivity index (χ3v) is 5.01. The number of aliphatic carboxylic acids is 1. The van der Waals surface area contributed by atoms with Crippen molar-refractivity contribution in [2.24, 2.45) is 28.1 Å². The number of carboxylic acids is 1. The van der Waals surface area contributed by atoms with Crippen molar-refractivity contribution in [1.82, 2.24) is 25.9 Å². The van der Waals surface area contributed by atoms with Crippen LogP contribution < -0.4 is 33.2 Å². The summed E-state index contributed by atoms with van der Waals surface area (Å²) in [5.74, 6) is -3.91. The maximum absolute atomic E-state index is 12.9. The van der Waals surface area contributed by atoms with E-state index in [0.717, 1.165) is 0 Å². The number of guanidine groups is 1. The summed E-state index contributed by atoms with van der Waals surface area (Å²) < 4.78 is 0. The zero-order valence-electron chi connectivity index (χ0n) is 19.7. The van der Waals surface area contributed by atoms with Gasteiger partial charge in [0.05, 0.1) is 19.0 Å². The molecule has 15 heteroatoms. The Hall–Kier alpha value is -3.72. The summed E-state index contributed by atoms with van der Waals surface area (Å²) in [6.07, 6.45) is 3.06. The number of carboxylic acid groups (broad SMARTS) is 1. The second kappa shape index (κ2) is 14.5. The first kappa shape index (κ1) is 29.3. The van der Waals surface area contributed by atoms with E-state index in [4.69, 9.17) is 17.2 Å². The molecule has 0 saturated heterocycles. The summed E-state index contributed by atoms with van der Waals surface area (Å²) in [4.78, 5) is 59.9. The molecular formula is C20H35N9O6. The van der Waals surface area contributed by atoms with E-state index in [0.29, 0.717) is 5.69 Å². The van der Waals surface area contributed by atoms with Crippen LogP contribution in [0.1, 0.15) is 32.4 Å². The van der Waals surface area contributed by atoms with Gasteiger partial charge in [-0.05, 0) is 18.8 Å². The van der Waals surface area contributed by atoms with Gasteiger partial charge in [0.15, 0.2) is 5.96 Å². The van der Waals surface area contributed by atoms with Crippen molar-refractivity contribution >= 4 is 29.7 Å². The maximum Gasteiger partial charge on any atom is 0.326 e. The minimum atomic E-state index is -1.38. The van der Waals surface area contributed by atoms with Crippen LogP contribution in [0.2, 0.25) is 0 Å².